The van der Waals surface area contributed by atoms with Crippen LogP contribution in [0.25, 0.3) is 0 Å². The Morgan fingerprint density at radius 3 is 2.76 bits per heavy atom. The van der Waals surface area contributed by atoms with Gasteiger partial charge in [0.05, 0.1) is 18.8 Å². The normalized spacial score (nSPS) is 22.0. The van der Waals surface area contributed by atoms with E-state index in [2.05, 4.69) is 36.3 Å². The highest BCUT2D eigenvalue weighted by Crippen LogP contribution is 2.22. The van der Waals surface area contributed by atoms with Gasteiger partial charge in [-0.25, -0.2) is 0 Å². The van der Waals surface area contributed by atoms with E-state index in [9.17, 15) is 4.79 Å². The molecule has 1 N–H and O–H groups in total. The minimum absolute atomic E-state index is 0.0484. The number of aromatic nitrogens is 3. The second-order valence-electron chi connectivity index (χ2n) is 6.15. The monoisotopic (exact) mass is 294 g/mol. The van der Waals surface area contributed by atoms with Gasteiger partial charge in [0, 0.05) is 19.4 Å². The molecule has 2 atom stereocenters. The van der Waals surface area contributed by atoms with Gasteiger partial charge in [-0.15, -0.1) is 10.2 Å². The molecule has 118 valence electrons. The zero-order chi connectivity index (χ0) is 15.4. The molecule has 6 heteroatoms. The van der Waals surface area contributed by atoms with Crippen molar-refractivity contribution < 1.29 is 9.53 Å². The lowest BCUT2D eigenvalue weighted by molar-refractivity contribution is -0.122. The molecule has 2 rings (SSSR count). The van der Waals surface area contributed by atoms with Crippen molar-refractivity contribution in [3.05, 3.63) is 11.6 Å². The average molecular weight is 294 g/mol. The summed E-state index contributed by atoms with van der Waals surface area (Å²) in [6, 6.07) is 0. The van der Waals surface area contributed by atoms with E-state index in [0.717, 1.165) is 30.9 Å². The zero-order valence-corrected chi connectivity index (χ0v) is 13.4. The zero-order valence-electron chi connectivity index (χ0n) is 13.4. The number of hydrogen-bond acceptors (Lipinski definition) is 4. The lowest BCUT2D eigenvalue weighted by Gasteiger charge is -2.11. The summed E-state index contributed by atoms with van der Waals surface area (Å²) in [6.45, 7) is 6.67. The number of nitrogens with zero attached hydrogens (tertiary/aromatic N) is 3. The first kappa shape index (κ1) is 15.9. The molecular weight excluding hydrogens is 268 g/mol. The molecule has 1 aromatic rings. The number of nitrogens with one attached hydrogen (secondary N) is 1. The van der Waals surface area contributed by atoms with Gasteiger partial charge >= 0.3 is 0 Å². The summed E-state index contributed by atoms with van der Waals surface area (Å²) in [5.41, 5.74) is 0. The second-order valence-corrected chi connectivity index (χ2v) is 6.15. The molecule has 0 unspecified atom stereocenters. The molecule has 2 heterocycles. The largest absolute Gasteiger partial charge is 0.375 e. The SMILES string of the molecule is CC(C)c1nnc(CNC(=O)CC[C@H]2CC[C@@H](C)O2)n1C. The van der Waals surface area contributed by atoms with Crippen molar-refractivity contribution in [2.75, 3.05) is 0 Å². The Kier molecular flexibility index (Phi) is 5.33. The standard InChI is InChI=1S/C15H26N4O2/c1-10(2)15-18-17-13(19(15)4)9-16-14(20)8-7-12-6-5-11(3)21-12/h10-12H,5-9H2,1-4H3,(H,16,20)/t11-,12-/m1/s1. The third-order valence-corrected chi connectivity index (χ3v) is 3.97. The van der Waals surface area contributed by atoms with Crippen LogP contribution in [0.4, 0.5) is 0 Å². The van der Waals surface area contributed by atoms with Gasteiger partial charge in [0.2, 0.25) is 5.91 Å². The van der Waals surface area contributed by atoms with Gasteiger partial charge < -0.3 is 14.6 Å². The lowest BCUT2D eigenvalue weighted by Crippen LogP contribution is -2.25. The first-order valence-electron chi connectivity index (χ1n) is 7.77. The highest BCUT2D eigenvalue weighted by Gasteiger charge is 2.22. The van der Waals surface area contributed by atoms with Crippen molar-refractivity contribution in [3.8, 4) is 0 Å². The minimum atomic E-state index is 0.0484. The maximum Gasteiger partial charge on any atom is 0.220 e. The minimum Gasteiger partial charge on any atom is -0.375 e. The van der Waals surface area contributed by atoms with Crippen LogP contribution in [0.3, 0.4) is 0 Å². The summed E-state index contributed by atoms with van der Waals surface area (Å²) in [6.07, 6.45) is 4.05. The Morgan fingerprint density at radius 1 is 1.43 bits per heavy atom. The first-order chi connectivity index (χ1) is 9.97. The van der Waals surface area contributed by atoms with Crippen molar-refractivity contribution in [3.63, 3.8) is 0 Å². The summed E-state index contributed by atoms with van der Waals surface area (Å²) in [5, 5.41) is 11.2. The highest BCUT2D eigenvalue weighted by molar-refractivity contribution is 5.75. The Morgan fingerprint density at radius 2 is 2.19 bits per heavy atom. The van der Waals surface area contributed by atoms with Crippen LogP contribution in [0.1, 0.15) is 64.0 Å². The number of amides is 1. The van der Waals surface area contributed by atoms with Crippen molar-refractivity contribution in [1.29, 1.82) is 0 Å². The van der Waals surface area contributed by atoms with E-state index in [4.69, 9.17) is 4.74 Å². The third kappa shape index (κ3) is 4.27. The fourth-order valence-electron chi connectivity index (χ4n) is 2.69. The maximum atomic E-state index is 11.9. The van der Waals surface area contributed by atoms with Gasteiger partial charge in [-0.05, 0) is 26.2 Å². The van der Waals surface area contributed by atoms with E-state index in [0.29, 0.717) is 25.0 Å². The molecule has 0 saturated carbocycles. The molecule has 0 bridgehead atoms. The molecule has 0 aliphatic carbocycles. The molecule has 1 fully saturated rings. The molecule has 21 heavy (non-hydrogen) atoms. The molecular formula is C15H26N4O2. The van der Waals surface area contributed by atoms with Gasteiger partial charge in [0.25, 0.3) is 0 Å². The molecule has 1 amide bonds. The van der Waals surface area contributed by atoms with Crippen LogP contribution < -0.4 is 5.32 Å². The molecule has 0 spiro atoms. The van der Waals surface area contributed by atoms with E-state index in [1.807, 2.05) is 11.6 Å². The van der Waals surface area contributed by atoms with Crippen LogP contribution in [0.15, 0.2) is 0 Å². The third-order valence-electron chi connectivity index (χ3n) is 3.97. The predicted molar refractivity (Wildman–Crippen MR) is 79.7 cm³/mol. The number of carbonyl (C=O) groups is 1. The molecule has 6 nitrogen and oxygen atoms in total. The Hall–Kier alpha value is -1.43. The summed E-state index contributed by atoms with van der Waals surface area (Å²) >= 11 is 0. The smallest absolute Gasteiger partial charge is 0.220 e. The summed E-state index contributed by atoms with van der Waals surface area (Å²) < 4.78 is 7.67. The van der Waals surface area contributed by atoms with Crippen LogP contribution in [-0.4, -0.2) is 32.9 Å². The number of carbonyl (C=O) groups excluding carboxylic acids is 1. The molecule has 1 aliphatic rings. The molecule has 0 radical (unpaired) electrons. The molecule has 1 aromatic heterocycles. The van der Waals surface area contributed by atoms with Crippen molar-refractivity contribution >= 4 is 5.91 Å². The predicted octanol–water partition coefficient (Wildman–Crippen LogP) is 1.90. The van der Waals surface area contributed by atoms with Gasteiger partial charge in [0.15, 0.2) is 5.82 Å². The maximum absolute atomic E-state index is 11.9. The number of hydrogen-bond donors (Lipinski definition) is 1. The van der Waals surface area contributed by atoms with Gasteiger partial charge in [-0.2, -0.15) is 0 Å². The fourth-order valence-corrected chi connectivity index (χ4v) is 2.69. The summed E-state index contributed by atoms with van der Waals surface area (Å²) in [4.78, 5) is 11.9. The number of ether oxygens (including phenoxy) is 1. The molecule has 1 saturated heterocycles. The van der Waals surface area contributed by atoms with Crippen LogP contribution in [0.5, 0.6) is 0 Å². The average Bonchev–Trinajstić information content (AvgIpc) is 3.00. The van der Waals surface area contributed by atoms with E-state index < -0.39 is 0 Å². The van der Waals surface area contributed by atoms with Crippen LogP contribution in [0, 0.1) is 0 Å². The van der Waals surface area contributed by atoms with Crippen molar-refractivity contribution in [1.82, 2.24) is 20.1 Å². The van der Waals surface area contributed by atoms with Gasteiger partial charge in [0.1, 0.15) is 5.82 Å². The van der Waals surface area contributed by atoms with Gasteiger partial charge in [-0.1, -0.05) is 13.8 Å². The summed E-state index contributed by atoms with van der Waals surface area (Å²) in [5.74, 6) is 2.10. The summed E-state index contributed by atoms with van der Waals surface area (Å²) in [7, 11) is 1.94. The topological polar surface area (TPSA) is 69.0 Å². The molecule has 1 aliphatic heterocycles. The van der Waals surface area contributed by atoms with Crippen molar-refractivity contribution in [2.45, 2.75) is 71.1 Å². The highest BCUT2D eigenvalue weighted by atomic mass is 16.5. The Labute approximate surface area is 126 Å². The quantitative estimate of drug-likeness (QED) is 0.870. The van der Waals surface area contributed by atoms with E-state index in [1.165, 1.54) is 0 Å². The Bertz CT molecular complexity index is 484. The molecule has 0 aromatic carbocycles. The number of rotatable bonds is 6. The van der Waals surface area contributed by atoms with E-state index in [1.54, 1.807) is 0 Å². The van der Waals surface area contributed by atoms with Crippen molar-refractivity contribution in [2.24, 2.45) is 7.05 Å². The van der Waals surface area contributed by atoms with Crippen LogP contribution in [-0.2, 0) is 23.1 Å². The Balaban J connectivity index is 1.74. The van der Waals surface area contributed by atoms with Crippen LogP contribution >= 0.6 is 0 Å². The van der Waals surface area contributed by atoms with Gasteiger partial charge in [-0.3, -0.25) is 4.79 Å². The van der Waals surface area contributed by atoms with Crippen LogP contribution in [0.2, 0.25) is 0 Å². The van der Waals surface area contributed by atoms with E-state index >= 15 is 0 Å². The van der Waals surface area contributed by atoms with E-state index in [-0.39, 0.29) is 12.0 Å². The fraction of sp³-hybridized carbons (Fsp3) is 0.800. The first-order valence-corrected chi connectivity index (χ1v) is 7.77. The second kappa shape index (κ2) is 7.02. The lowest BCUT2D eigenvalue weighted by atomic mass is 10.1.